The van der Waals surface area contributed by atoms with Crippen LogP contribution in [0.15, 0.2) is 12.1 Å². The minimum Gasteiger partial charge on any atom is -0.505 e. The second kappa shape index (κ2) is 6.38. The molecule has 0 heterocycles. The molecule has 0 bridgehead atoms. The number of hydrogen-bond donors (Lipinski definition) is 1. The van der Waals surface area contributed by atoms with E-state index < -0.39 is 5.82 Å². The summed E-state index contributed by atoms with van der Waals surface area (Å²) in [7, 11) is 0. The third-order valence-corrected chi connectivity index (χ3v) is 2.89. The molecule has 100 valence electrons. The lowest BCUT2D eigenvalue weighted by Crippen LogP contribution is -2.17. The Kier molecular flexibility index (Phi) is 5.13. The highest BCUT2D eigenvalue weighted by Gasteiger charge is 2.18. The van der Waals surface area contributed by atoms with E-state index in [1.807, 2.05) is 6.92 Å². The number of aromatic hydroxyl groups is 1. The Hall–Kier alpha value is -1.58. The first-order valence-electron chi connectivity index (χ1n) is 6.17. The van der Waals surface area contributed by atoms with Crippen molar-refractivity contribution in [2.24, 2.45) is 5.92 Å². The summed E-state index contributed by atoms with van der Waals surface area (Å²) < 4.78 is 18.6. The summed E-state index contributed by atoms with van der Waals surface area (Å²) in [6, 6.07) is 2.98. The van der Waals surface area contributed by atoms with Crippen molar-refractivity contribution >= 4 is 5.97 Å². The van der Waals surface area contributed by atoms with Gasteiger partial charge in [-0.15, -0.1) is 0 Å². The quantitative estimate of drug-likeness (QED) is 0.822. The van der Waals surface area contributed by atoms with E-state index >= 15 is 0 Å². The maximum Gasteiger partial charge on any atom is 0.308 e. The number of carbonyl (C=O) groups excluding carboxylic acids is 1. The van der Waals surface area contributed by atoms with Gasteiger partial charge >= 0.3 is 5.97 Å². The second-order valence-electron chi connectivity index (χ2n) is 4.25. The topological polar surface area (TPSA) is 46.5 Å². The number of rotatable bonds is 5. The standard InChI is InChI=1S/C14H19FO3/c1-4-11-10(6-7-12(16)13(11)15)8-9(3)14(17)18-5-2/h6-7,9,16H,4-5,8H2,1-3H3. The fourth-order valence-electron chi connectivity index (χ4n) is 1.92. The van der Waals surface area contributed by atoms with Crippen molar-refractivity contribution in [1.29, 1.82) is 0 Å². The van der Waals surface area contributed by atoms with Gasteiger partial charge in [-0.25, -0.2) is 4.39 Å². The van der Waals surface area contributed by atoms with Crippen LogP contribution in [0.1, 0.15) is 31.9 Å². The van der Waals surface area contributed by atoms with Gasteiger partial charge in [0.25, 0.3) is 0 Å². The molecular formula is C14H19FO3. The summed E-state index contributed by atoms with van der Waals surface area (Å²) in [5, 5.41) is 9.32. The van der Waals surface area contributed by atoms with Crippen LogP contribution in [0, 0.1) is 11.7 Å². The molecule has 0 aliphatic heterocycles. The van der Waals surface area contributed by atoms with Gasteiger partial charge in [0.2, 0.25) is 0 Å². The van der Waals surface area contributed by atoms with Crippen molar-refractivity contribution in [2.45, 2.75) is 33.6 Å². The lowest BCUT2D eigenvalue weighted by atomic mass is 9.95. The van der Waals surface area contributed by atoms with Crippen LogP contribution < -0.4 is 0 Å². The monoisotopic (exact) mass is 254 g/mol. The first-order chi connectivity index (χ1) is 8.51. The minimum atomic E-state index is -0.592. The van der Waals surface area contributed by atoms with E-state index in [2.05, 4.69) is 0 Å². The van der Waals surface area contributed by atoms with Gasteiger partial charge in [0.15, 0.2) is 11.6 Å². The number of carbonyl (C=O) groups is 1. The van der Waals surface area contributed by atoms with Crippen LogP contribution >= 0.6 is 0 Å². The molecule has 1 rings (SSSR count). The molecule has 0 aliphatic carbocycles. The lowest BCUT2D eigenvalue weighted by molar-refractivity contribution is -0.147. The molecule has 1 N–H and O–H groups in total. The molecular weight excluding hydrogens is 235 g/mol. The number of ether oxygens (including phenoxy) is 1. The van der Waals surface area contributed by atoms with Crippen molar-refractivity contribution in [3.8, 4) is 5.75 Å². The first-order valence-corrected chi connectivity index (χ1v) is 6.17. The van der Waals surface area contributed by atoms with Crippen LogP contribution in [0.2, 0.25) is 0 Å². The molecule has 4 heteroatoms. The van der Waals surface area contributed by atoms with Gasteiger partial charge in [-0.05, 0) is 37.0 Å². The van der Waals surface area contributed by atoms with Crippen LogP contribution in [0.5, 0.6) is 5.75 Å². The molecule has 1 aromatic carbocycles. The molecule has 0 saturated carbocycles. The van der Waals surface area contributed by atoms with Gasteiger partial charge < -0.3 is 9.84 Å². The molecule has 0 spiro atoms. The highest BCUT2D eigenvalue weighted by atomic mass is 19.1. The Labute approximate surface area is 107 Å². The lowest BCUT2D eigenvalue weighted by Gasteiger charge is -2.14. The normalized spacial score (nSPS) is 12.2. The van der Waals surface area contributed by atoms with Crippen molar-refractivity contribution in [3.63, 3.8) is 0 Å². The Balaban J connectivity index is 2.91. The van der Waals surface area contributed by atoms with Crippen LogP contribution in [0.4, 0.5) is 4.39 Å². The maximum absolute atomic E-state index is 13.7. The van der Waals surface area contributed by atoms with E-state index in [1.54, 1.807) is 19.9 Å². The zero-order chi connectivity index (χ0) is 13.7. The first kappa shape index (κ1) is 14.5. The minimum absolute atomic E-state index is 0.284. The van der Waals surface area contributed by atoms with Crippen molar-refractivity contribution in [3.05, 3.63) is 29.1 Å². The zero-order valence-electron chi connectivity index (χ0n) is 11.0. The number of phenols is 1. The van der Waals surface area contributed by atoms with Gasteiger partial charge in [0, 0.05) is 0 Å². The molecule has 0 saturated heterocycles. The molecule has 0 aromatic heterocycles. The molecule has 0 amide bonds. The van der Waals surface area contributed by atoms with Gasteiger partial charge in [0.1, 0.15) is 0 Å². The van der Waals surface area contributed by atoms with E-state index in [0.29, 0.717) is 25.0 Å². The average Bonchev–Trinajstić information content (AvgIpc) is 2.34. The van der Waals surface area contributed by atoms with E-state index in [4.69, 9.17) is 4.74 Å². The molecule has 18 heavy (non-hydrogen) atoms. The van der Waals surface area contributed by atoms with Crippen molar-refractivity contribution < 1.29 is 19.0 Å². The summed E-state index contributed by atoms with van der Waals surface area (Å²) in [6.45, 7) is 5.66. The van der Waals surface area contributed by atoms with Crippen LogP contribution in [0.3, 0.4) is 0 Å². The summed E-state index contributed by atoms with van der Waals surface area (Å²) in [5.41, 5.74) is 1.21. The predicted molar refractivity (Wildman–Crippen MR) is 66.9 cm³/mol. The van der Waals surface area contributed by atoms with Crippen molar-refractivity contribution in [1.82, 2.24) is 0 Å². The van der Waals surface area contributed by atoms with Gasteiger partial charge in [0.05, 0.1) is 12.5 Å². The fraction of sp³-hybridized carbons (Fsp3) is 0.500. The van der Waals surface area contributed by atoms with Crippen LogP contribution in [-0.2, 0) is 22.4 Å². The summed E-state index contributed by atoms with van der Waals surface area (Å²) >= 11 is 0. The molecule has 1 unspecified atom stereocenters. The van der Waals surface area contributed by atoms with Gasteiger partial charge in [-0.1, -0.05) is 19.9 Å². The Bertz CT molecular complexity index is 429. The number of benzene rings is 1. The van der Waals surface area contributed by atoms with Crippen LogP contribution in [0.25, 0.3) is 0 Å². The number of phenolic OH excluding ortho intramolecular Hbond substituents is 1. The number of esters is 1. The van der Waals surface area contributed by atoms with Gasteiger partial charge in [-0.3, -0.25) is 4.79 Å². The third kappa shape index (κ3) is 3.22. The van der Waals surface area contributed by atoms with E-state index in [1.165, 1.54) is 6.07 Å². The van der Waals surface area contributed by atoms with Crippen LogP contribution in [-0.4, -0.2) is 17.7 Å². The molecule has 0 aliphatic rings. The molecule has 3 nitrogen and oxygen atoms in total. The Morgan fingerprint density at radius 3 is 2.67 bits per heavy atom. The smallest absolute Gasteiger partial charge is 0.308 e. The van der Waals surface area contributed by atoms with E-state index in [9.17, 15) is 14.3 Å². The van der Waals surface area contributed by atoms with E-state index in [0.717, 1.165) is 5.56 Å². The molecule has 1 atom stereocenters. The largest absolute Gasteiger partial charge is 0.505 e. The highest BCUT2D eigenvalue weighted by molar-refractivity contribution is 5.72. The van der Waals surface area contributed by atoms with Crippen molar-refractivity contribution in [2.75, 3.05) is 6.61 Å². The second-order valence-corrected chi connectivity index (χ2v) is 4.25. The Morgan fingerprint density at radius 1 is 1.44 bits per heavy atom. The Morgan fingerprint density at radius 2 is 2.11 bits per heavy atom. The highest BCUT2D eigenvalue weighted by Crippen LogP contribution is 2.25. The number of hydrogen-bond acceptors (Lipinski definition) is 3. The maximum atomic E-state index is 13.7. The summed E-state index contributed by atoms with van der Waals surface area (Å²) in [5.74, 6) is -1.54. The molecule has 1 aromatic rings. The number of halogens is 1. The average molecular weight is 254 g/mol. The SMILES string of the molecule is CCOC(=O)C(C)Cc1ccc(O)c(F)c1CC. The summed E-state index contributed by atoms with van der Waals surface area (Å²) in [4.78, 5) is 11.5. The summed E-state index contributed by atoms with van der Waals surface area (Å²) in [6.07, 6.45) is 0.893. The third-order valence-electron chi connectivity index (χ3n) is 2.89. The molecule has 0 fully saturated rings. The zero-order valence-corrected chi connectivity index (χ0v) is 11.0. The fourth-order valence-corrected chi connectivity index (χ4v) is 1.92. The van der Waals surface area contributed by atoms with E-state index in [-0.39, 0.29) is 17.6 Å². The molecule has 0 radical (unpaired) electrons. The van der Waals surface area contributed by atoms with Gasteiger partial charge in [-0.2, -0.15) is 0 Å². The predicted octanol–water partition coefficient (Wildman–Crippen LogP) is 2.84.